The van der Waals surface area contributed by atoms with Gasteiger partial charge < -0.3 is 15.7 Å². The van der Waals surface area contributed by atoms with Gasteiger partial charge in [0.1, 0.15) is 18.2 Å². The van der Waals surface area contributed by atoms with Crippen LogP contribution in [0.5, 0.6) is 0 Å². The van der Waals surface area contributed by atoms with Crippen molar-refractivity contribution in [1.29, 1.82) is 0 Å². The molecule has 0 bridgehead atoms. The van der Waals surface area contributed by atoms with E-state index in [0.29, 0.717) is 11.9 Å². The Balaban J connectivity index is 1.29. The number of nitrogens with zero attached hydrogens (tertiary/aromatic N) is 3. The third-order valence-corrected chi connectivity index (χ3v) is 5.90. The summed E-state index contributed by atoms with van der Waals surface area (Å²) < 4.78 is 1.56. The fourth-order valence-corrected chi connectivity index (χ4v) is 4.07. The van der Waals surface area contributed by atoms with E-state index in [0.717, 1.165) is 30.5 Å². The van der Waals surface area contributed by atoms with Crippen molar-refractivity contribution in [2.75, 3.05) is 5.32 Å². The van der Waals surface area contributed by atoms with Crippen molar-refractivity contribution in [3.05, 3.63) is 77.9 Å². The second-order valence-electron chi connectivity index (χ2n) is 8.24. The first-order chi connectivity index (χ1) is 15.0. The molecule has 3 aromatic rings. The Labute approximate surface area is 182 Å². The Kier molecular flexibility index (Phi) is 6.44. The van der Waals surface area contributed by atoms with Crippen LogP contribution in [0.4, 0.5) is 5.69 Å². The lowest BCUT2D eigenvalue weighted by atomic mass is 10.0. The number of nitrogens with one attached hydrogen (secondary N) is 2. The second kappa shape index (κ2) is 9.41. The number of hydrogen-bond donors (Lipinski definition) is 3. The molecular weight excluding hydrogens is 390 g/mol. The second-order valence-corrected chi connectivity index (χ2v) is 8.24. The molecule has 1 unspecified atom stereocenters. The number of rotatable bonds is 7. The SMILES string of the molecule is Cc1ncn(C(C)C(=O)Nc2ccc(C[C@@H]3CC[C@H]([C@H](O)c4ccccc4)N3)cc2)n1. The molecule has 1 amide bonds. The van der Waals surface area contributed by atoms with Crippen LogP contribution in [0.2, 0.25) is 0 Å². The van der Waals surface area contributed by atoms with E-state index in [2.05, 4.69) is 20.7 Å². The van der Waals surface area contributed by atoms with E-state index in [9.17, 15) is 9.90 Å². The standard InChI is InChI=1S/C24H29N5O2/c1-16(29-15-25-17(2)28-29)24(31)27-20-10-8-18(9-11-20)14-21-12-13-22(26-21)23(30)19-6-4-3-5-7-19/h3-11,15-16,21-23,26,30H,12-14H2,1-2H3,(H,27,31)/t16?,21-,22+,23+/m0/s1. The number of carbonyl (C=O) groups excluding carboxylic acids is 1. The van der Waals surface area contributed by atoms with Crippen LogP contribution in [0.25, 0.3) is 0 Å². The van der Waals surface area contributed by atoms with Crippen LogP contribution in [0.1, 0.15) is 48.9 Å². The van der Waals surface area contributed by atoms with Crippen LogP contribution < -0.4 is 10.6 Å². The van der Waals surface area contributed by atoms with Gasteiger partial charge in [0.15, 0.2) is 0 Å². The Morgan fingerprint density at radius 2 is 1.94 bits per heavy atom. The van der Waals surface area contributed by atoms with Gasteiger partial charge in [0.2, 0.25) is 5.91 Å². The average molecular weight is 420 g/mol. The zero-order valence-corrected chi connectivity index (χ0v) is 17.9. The molecule has 1 fully saturated rings. The largest absolute Gasteiger partial charge is 0.387 e. The predicted molar refractivity (Wildman–Crippen MR) is 120 cm³/mol. The van der Waals surface area contributed by atoms with E-state index >= 15 is 0 Å². The number of carbonyl (C=O) groups is 1. The van der Waals surface area contributed by atoms with E-state index in [-0.39, 0.29) is 11.9 Å². The molecule has 1 aliphatic rings. The number of aliphatic hydroxyl groups is 1. The van der Waals surface area contributed by atoms with Crippen molar-refractivity contribution >= 4 is 11.6 Å². The molecule has 0 spiro atoms. The summed E-state index contributed by atoms with van der Waals surface area (Å²) in [6, 6.07) is 17.7. The number of aliphatic hydroxyl groups excluding tert-OH is 1. The molecule has 0 radical (unpaired) electrons. The fourth-order valence-electron chi connectivity index (χ4n) is 4.07. The Morgan fingerprint density at radius 1 is 1.19 bits per heavy atom. The molecule has 1 aromatic heterocycles. The molecule has 162 valence electrons. The molecule has 0 aliphatic carbocycles. The van der Waals surface area contributed by atoms with Crippen LogP contribution in [0.3, 0.4) is 0 Å². The predicted octanol–water partition coefficient (Wildman–Crippen LogP) is 3.18. The zero-order chi connectivity index (χ0) is 21.8. The highest BCUT2D eigenvalue weighted by atomic mass is 16.3. The summed E-state index contributed by atoms with van der Waals surface area (Å²) in [4.78, 5) is 16.5. The minimum Gasteiger partial charge on any atom is -0.387 e. The summed E-state index contributed by atoms with van der Waals surface area (Å²) in [5.74, 6) is 0.510. The van der Waals surface area contributed by atoms with E-state index in [1.165, 1.54) is 5.56 Å². The molecule has 4 atom stereocenters. The minimum atomic E-state index is -0.487. The van der Waals surface area contributed by atoms with Gasteiger partial charge in [0.25, 0.3) is 0 Å². The molecule has 1 saturated heterocycles. The van der Waals surface area contributed by atoms with Crippen molar-refractivity contribution < 1.29 is 9.90 Å². The Hall–Kier alpha value is -3.03. The first-order valence-electron chi connectivity index (χ1n) is 10.8. The monoisotopic (exact) mass is 419 g/mol. The number of hydrogen-bond acceptors (Lipinski definition) is 5. The lowest BCUT2D eigenvalue weighted by molar-refractivity contribution is -0.119. The van der Waals surface area contributed by atoms with Crippen LogP contribution in [-0.4, -0.2) is 37.9 Å². The van der Waals surface area contributed by atoms with Gasteiger partial charge in [-0.1, -0.05) is 42.5 Å². The number of aromatic nitrogens is 3. The van der Waals surface area contributed by atoms with E-state index in [4.69, 9.17) is 0 Å². The van der Waals surface area contributed by atoms with Crippen molar-refractivity contribution in [2.24, 2.45) is 0 Å². The molecule has 7 nitrogen and oxygen atoms in total. The maximum atomic E-state index is 12.5. The van der Waals surface area contributed by atoms with Crippen molar-refractivity contribution in [1.82, 2.24) is 20.1 Å². The highest BCUT2D eigenvalue weighted by molar-refractivity contribution is 5.93. The molecular formula is C24H29N5O2. The molecule has 3 N–H and O–H groups in total. The first-order valence-corrected chi connectivity index (χ1v) is 10.8. The van der Waals surface area contributed by atoms with Gasteiger partial charge in [0.05, 0.1) is 6.10 Å². The van der Waals surface area contributed by atoms with Crippen LogP contribution in [-0.2, 0) is 11.2 Å². The molecule has 7 heteroatoms. The first kappa shape index (κ1) is 21.2. The lowest BCUT2D eigenvalue weighted by Gasteiger charge is -2.20. The third-order valence-electron chi connectivity index (χ3n) is 5.90. The van der Waals surface area contributed by atoms with E-state index in [1.807, 2.05) is 54.6 Å². The average Bonchev–Trinajstić information content (AvgIpc) is 3.44. The van der Waals surface area contributed by atoms with Crippen molar-refractivity contribution in [3.8, 4) is 0 Å². The normalized spacial score (nSPS) is 20.4. The zero-order valence-electron chi connectivity index (χ0n) is 17.9. The molecule has 2 aromatic carbocycles. The Bertz CT molecular complexity index is 1000. The summed E-state index contributed by atoms with van der Waals surface area (Å²) >= 11 is 0. The molecule has 31 heavy (non-hydrogen) atoms. The lowest BCUT2D eigenvalue weighted by Crippen LogP contribution is -2.35. The number of benzene rings is 2. The molecule has 0 saturated carbocycles. The Morgan fingerprint density at radius 3 is 2.61 bits per heavy atom. The van der Waals surface area contributed by atoms with E-state index in [1.54, 1.807) is 24.9 Å². The maximum absolute atomic E-state index is 12.5. The molecule has 2 heterocycles. The van der Waals surface area contributed by atoms with Gasteiger partial charge in [0, 0.05) is 17.8 Å². The molecule has 4 rings (SSSR count). The van der Waals surface area contributed by atoms with Gasteiger partial charge in [-0.2, -0.15) is 5.10 Å². The summed E-state index contributed by atoms with van der Waals surface area (Å²) in [5.41, 5.74) is 2.91. The van der Waals surface area contributed by atoms with Gasteiger partial charge >= 0.3 is 0 Å². The summed E-state index contributed by atoms with van der Waals surface area (Å²) in [5, 5.41) is 21.4. The summed E-state index contributed by atoms with van der Waals surface area (Å²) in [7, 11) is 0. The summed E-state index contributed by atoms with van der Waals surface area (Å²) in [6.45, 7) is 3.59. The number of amides is 1. The van der Waals surface area contributed by atoms with Crippen LogP contribution in [0.15, 0.2) is 60.9 Å². The minimum absolute atomic E-state index is 0.0767. The van der Waals surface area contributed by atoms with Gasteiger partial charge in [-0.3, -0.25) is 4.79 Å². The topological polar surface area (TPSA) is 92.1 Å². The maximum Gasteiger partial charge on any atom is 0.249 e. The summed E-state index contributed by atoms with van der Waals surface area (Å²) in [6.07, 6.45) is 3.95. The van der Waals surface area contributed by atoms with E-state index < -0.39 is 12.1 Å². The third kappa shape index (κ3) is 5.18. The van der Waals surface area contributed by atoms with Crippen LogP contribution >= 0.6 is 0 Å². The van der Waals surface area contributed by atoms with Gasteiger partial charge in [-0.25, -0.2) is 9.67 Å². The smallest absolute Gasteiger partial charge is 0.249 e. The fraction of sp³-hybridized carbons (Fsp3) is 0.375. The van der Waals surface area contributed by atoms with Crippen molar-refractivity contribution in [2.45, 2.75) is 57.3 Å². The number of anilines is 1. The van der Waals surface area contributed by atoms with Crippen LogP contribution in [0, 0.1) is 6.92 Å². The highest BCUT2D eigenvalue weighted by Crippen LogP contribution is 2.27. The quantitative estimate of drug-likeness (QED) is 0.547. The van der Waals surface area contributed by atoms with Gasteiger partial charge in [-0.05, 0) is 56.4 Å². The highest BCUT2D eigenvalue weighted by Gasteiger charge is 2.29. The molecule has 1 aliphatic heterocycles. The van der Waals surface area contributed by atoms with Gasteiger partial charge in [-0.15, -0.1) is 0 Å². The van der Waals surface area contributed by atoms with Crippen molar-refractivity contribution in [3.63, 3.8) is 0 Å². The number of aryl methyl sites for hydroxylation is 1.